The summed E-state index contributed by atoms with van der Waals surface area (Å²) in [5.41, 5.74) is 0.259. The lowest BCUT2D eigenvalue weighted by Gasteiger charge is -2.15. The monoisotopic (exact) mass is 470 g/mol. The van der Waals surface area contributed by atoms with Gasteiger partial charge in [-0.15, -0.1) is 22.0 Å². The second-order valence-corrected chi connectivity index (χ2v) is 10.3. The molecule has 0 bridgehead atoms. The molecular formula is C17H18N4O6S3. The minimum absolute atomic E-state index is 0.0263. The molecule has 3 rings (SSSR count). The van der Waals surface area contributed by atoms with Gasteiger partial charge in [0.1, 0.15) is 5.01 Å². The molecule has 1 aromatic carbocycles. The number of carbonyl (C=O) groups excluding carboxylic acids is 2. The number of thioether (sulfide) groups is 1. The molecule has 10 nitrogen and oxygen atoms in total. The molecule has 1 aliphatic rings. The van der Waals surface area contributed by atoms with Crippen molar-refractivity contribution >= 4 is 61.7 Å². The van der Waals surface area contributed by atoms with Crippen LogP contribution in [0, 0.1) is 0 Å². The van der Waals surface area contributed by atoms with Gasteiger partial charge in [0.25, 0.3) is 10.0 Å². The average molecular weight is 471 g/mol. The third-order valence-electron chi connectivity index (χ3n) is 4.14. The molecule has 2 N–H and O–H groups in total. The highest BCUT2D eigenvalue weighted by Crippen LogP contribution is 2.31. The summed E-state index contributed by atoms with van der Waals surface area (Å²) >= 11 is 2.26. The molecule has 13 heteroatoms. The fourth-order valence-electron chi connectivity index (χ4n) is 2.68. The molecule has 1 aliphatic heterocycles. The van der Waals surface area contributed by atoms with Crippen LogP contribution in [-0.4, -0.2) is 52.5 Å². The van der Waals surface area contributed by atoms with Crippen LogP contribution >= 0.6 is 23.1 Å². The molecule has 1 unspecified atom stereocenters. The Hall–Kier alpha value is -2.51. The SMILES string of the molecule is CCc1nnc(NS(=O)(=O)c2ccc(N3C(=O)CC(SCCC(=O)O)C3=O)cc2)s1. The van der Waals surface area contributed by atoms with Gasteiger partial charge in [-0.25, -0.2) is 13.3 Å². The molecule has 0 spiro atoms. The van der Waals surface area contributed by atoms with Crippen LogP contribution in [-0.2, 0) is 30.8 Å². The minimum Gasteiger partial charge on any atom is -0.481 e. The van der Waals surface area contributed by atoms with Crippen LogP contribution in [0.4, 0.5) is 10.8 Å². The number of carboxylic acid groups (broad SMARTS) is 1. The molecule has 160 valence electrons. The zero-order valence-electron chi connectivity index (χ0n) is 15.8. The fourth-order valence-corrected chi connectivity index (χ4v) is 5.67. The van der Waals surface area contributed by atoms with Gasteiger partial charge in [0, 0.05) is 12.2 Å². The van der Waals surface area contributed by atoms with E-state index >= 15 is 0 Å². The lowest BCUT2D eigenvalue weighted by Crippen LogP contribution is -2.31. The van der Waals surface area contributed by atoms with Crippen LogP contribution in [0.3, 0.4) is 0 Å². The van der Waals surface area contributed by atoms with Gasteiger partial charge in [0.15, 0.2) is 0 Å². The molecular weight excluding hydrogens is 452 g/mol. The summed E-state index contributed by atoms with van der Waals surface area (Å²) in [5, 5.41) is 16.5. The van der Waals surface area contributed by atoms with E-state index in [2.05, 4.69) is 14.9 Å². The Balaban J connectivity index is 1.70. The Labute approximate surface area is 180 Å². The number of hydrogen-bond acceptors (Lipinski definition) is 9. The first-order valence-electron chi connectivity index (χ1n) is 8.86. The van der Waals surface area contributed by atoms with E-state index in [1.165, 1.54) is 24.3 Å². The number of carbonyl (C=O) groups is 3. The Morgan fingerprint density at radius 2 is 2.00 bits per heavy atom. The predicted molar refractivity (Wildman–Crippen MR) is 112 cm³/mol. The van der Waals surface area contributed by atoms with Crippen molar-refractivity contribution in [3.63, 3.8) is 0 Å². The molecule has 30 heavy (non-hydrogen) atoms. The van der Waals surface area contributed by atoms with E-state index in [0.29, 0.717) is 11.4 Å². The van der Waals surface area contributed by atoms with Gasteiger partial charge in [0.05, 0.1) is 22.3 Å². The molecule has 0 saturated carbocycles. The van der Waals surface area contributed by atoms with Crippen LogP contribution < -0.4 is 9.62 Å². The summed E-state index contributed by atoms with van der Waals surface area (Å²) < 4.78 is 27.4. The van der Waals surface area contributed by atoms with Gasteiger partial charge >= 0.3 is 5.97 Å². The zero-order valence-corrected chi connectivity index (χ0v) is 18.2. The maximum atomic E-state index is 12.5. The molecule has 2 aromatic rings. The Morgan fingerprint density at radius 3 is 2.60 bits per heavy atom. The first-order valence-corrected chi connectivity index (χ1v) is 12.2. The van der Waals surface area contributed by atoms with Crippen LogP contribution in [0.2, 0.25) is 0 Å². The normalized spacial score (nSPS) is 16.8. The number of nitrogens with zero attached hydrogens (tertiary/aromatic N) is 3. The van der Waals surface area contributed by atoms with E-state index in [0.717, 1.165) is 28.0 Å². The van der Waals surface area contributed by atoms with Gasteiger partial charge in [-0.2, -0.15) is 0 Å². The predicted octanol–water partition coefficient (Wildman–Crippen LogP) is 1.74. The van der Waals surface area contributed by atoms with Gasteiger partial charge in [-0.3, -0.25) is 19.1 Å². The number of anilines is 2. The van der Waals surface area contributed by atoms with Crippen molar-refractivity contribution in [3.05, 3.63) is 29.3 Å². The maximum absolute atomic E-state index is 12.5. The van der Waals surface area contributed by atoms with E-state index in [1.807, 2.05) is 6.92 Å². The number of aliphatic carboxylic acids is 1. The number of amides is 2. The van der Waals surface area contributed by atoms with E-state index < -0.39 is 33.1 Å². The number of imide groups is 1. The third kappa shape index (κ3) is 4.96. The standard InChI is InChI=1S/C17H18N4O6S3/c1-2-13-18-19-17(29-13)20-30(26,27)11-5-3-10(4-6-11)21-14(22)9-12(16(21)25)28-8-7-15(23)24/h3-6,12H,2,7-9H2,1H3,(H,19,20)(H,23,24). The summed E-state index contributed by atoms with van der Waals surface area (Å²) in [7, 11) is -3.90. The lowest BCUT2D eigenvalue weighted by molar-refractivity contribution is -0.136. The topological polar surface area (TPSA) is 147 Å². The summed E-state index contributed by atoms with van der Waals surface area (Å²) in [5.74, 6) is -1.60. The van der Waals surface area contributed by atoms with Crippen LogP contribution in [0.5, 0.6) is 0 Å². The highest BCUT2D eigenvalue weighted by Gasteiger charge is 2.39. The third-order valence-corrected chi connectivity index (χ3v) is 7.81. The highest BCUT2D eigenvalue weighted by atomic mass is 32.2. The first-order chi connectivity index (χ1) is 14.2. The van der Waals surface area contributed by atoms with Gasteiger partial charge < -0.3 is 5.11 Å². The first kappa shape index (κ1) is 22.2. The van der Waals surface area contributed by atoms with Crippen LogP contribution in [0.15, 0.2) is 29.2 Å². The zero-order chi connectivity index (χ0) is 21.9. The molecule has 2 amide bonds. The van der Waals surface area contributed by atoms with Crippen LogP contribution in [0.1, 0.15) is 24.8 Å². The summed E-state index contributed by atoms with van der Waals surface area (Å²) in [6, 6.07) is 5.36. The number of nitrogens with one attached hydrogen (secondary N) is 1. The highest BCUT2D eigenvalue weighted by molar-refractivity contribution is 8.00. The van der Waals surface area contributed by atoms with E-state index in [-0.39, 0.29) is 34.3 Å². The van der Waals surface area contributed by atoms with Crippen molar-refractivity contribution in [2.75, 3.05) is 15.4 Å². The number of hydrogen-bond donors (Lipinski definition) is 2. The number of benzene rings is 1. The average Bonchev–Trinajstić information content (AvgIpc) is 3.25. The number of rotatable bonds is 9. The van der Waals surface area contributed by atoms with Crippen molar-refractivity contribution in [1.29, 1.82) is 0 Å². The second kappa shape index (κ2) is 9.10. The van der Waals surface area contributed by atoms with E-state index in [1.54, 1.807) is 0 Å². The summed E-state index contributed by atoms with van der Waals surface area (Å²) in [6.45, 7) is 1.88. The number of sulfonamides is 1. The molecule has 2 heterocycles. The summed E-state index contributed by atoms with van der Waals surface area (Å²) in [4.78, 5) is 36.4. The summed E-state index contributed by atoms with van der Waals surface area (Å²) in [6.07, 6.45) is 0.514. The van der Waals surface area contributed by atoms with Gasteiger partial charge in [-0.05, 0) is 30.7 Å². The van der Waals surface area contributed by atoms with E-state index in [4.69, 9.17) is 5.11 Å². The quantitative estimate of drug-likeness (QED) is 0.523. The number of aromatic nitrogens is 2. The van der Waals surface area contributed by atoms with Gasteiger partial charge in [0.2, 0.25) is 16.9 Å². The van der Waals surface area contributed by atoms with Crippen molar-refractivity contribution in [3.8, 4) is 0 Å². The molecule has 0 radical (unpaired) electrons. The largest absolute Gasteiger partial charge is 0.481 e. The Morgan fingerprint density at radius 1 is 1.30 bits per heavy atom. The molecule has 1 atom stereocenters. The minimum atomic E-state index is -3.90. The Kier molecular flexibility index (Phi) is 6.73. The van der Waals surface area contributed by atoms with Crippen molar-refractivity contribution < 1.29 is 27.9 Å². The molecule has 0 aliphatic carbocycles. The maximum Gasteiger partial charge on any atom is 0.304 e. The number of aryl methyl sites for hydroxylation is 1. The van der Waals surface area contributed by atoms with Crippen molar-refractivity contribution in [2.45, 2.75) is 36.3 Å². The fraction of sp³-hybridized carbons (Fsp3) is 0.353. The van der Waals surface area contributed by atoms with Gasteiger partial charge in [-0.1, -0.05) is 18.3 Å². The second-order valence-electron chi connectivity index (χ2n) is 6.23. The molecule has 1 aromatic heterocycles. The van der Waals surface area contributed by atoms with Crippen molar-refractivity contribution in [1.82, 2.24) is 10.2 Å². The van der Waals surface area contributed by atoms with E-state index in [9.17, 15) is 22.8 Å². The molecule has 1 saturated heterocycles. The van der Waals surface area contributed by atoms with Crippen LogP contribution in [0.25, 0.3) is 0 Å². The number of carboxylic acids is 1. The van der Waals surface area contributed by atoms with Crippen molar-refractivity contribution in [2.24, 2.45) is 0 Å². The molecule has 1 fully saturated rings. The smallest absolute Gasteiger partial charge is 0.304 e. The lowest BCUT2D eigenvalue weighted by atomic mass is 10.3. The Bertz CT molecular complexity index is 1070.